The lowest BCUT2D eigenvalue weighted by Crippen LogP contribution is -2.60. The number of hydrogen-bond acceptors (Lipinski definition) is 17. The first-order valence-electron chi connectivity index (χ1n) is 21.5. The van der Waals surface area contributed by atoms with E-state index in [1.54, 1.807) is 7.11 Å². The molecule has 0 radical (unpaired) electrons. The van der Waals surface area contributed by atoms with Gasteiger partial charge in [0.15, 0.2) is 6.10 Å². The molecule has 0 spiro atoms. The Balaban J connectivity index is 1.29. The summed E-state index contributed by atoms with van der Waals surface area (Å²) in [7, 11) is 1.68. The third-order valence-electron chi connectivity index (χ3n) is 10.7. The Hall–Kier alpha value is -5.34. The van der Waals surface area contributed by atoms with Crippen molar-refractivity contribution in [2.45, 2.75) is 108 Å². The second kappa shape index (κ2) is 26.2. The van der Waals surface area contributed by atoms with Crippen molar-refractivity contribution >= 4 is 17.9 Å². The van der Waals surface area contributed by atoms with Crippen LogP contribution in [0.25, 0.3) is 0 Å². The Kier molecular flexibility index (Phi) is 20.2. The van der Waals surface area contributed by atoms with Crippen LogP contribution in [0.5, 0.6) is 11.5 Å². The van der Waals surface area contributed by atoms with Crippen LogP contribution in [0, 0.1) is 20.2 Å². The minimum absolute atomic E-state index is 0.00386. The lowest BCUT2D eigenvalue weighted by Gasteiger charge is -2.43. The van der Waals surface area contributed by atoms with Gasteiger partial charge in [0.25, 0.3) is 10.2 Å². The number of amides is 1. The molecule has 3 unspecified atom stereocenters. The normalized spacial score (nSPS) is 20.9. The SMILES string of the molecule is COCCCN1CCOc2ccc(COC3CN(C(=O)OCCCCCO[N+](=O)[O-])CC(OC(=O)OCCCCCO[N+](=O)[O-])C3OC3CCC(Oc4ccccc4)CC3)cc21. The number of likely N-dealkylation sites (tertiary alicyclic amines) is 1. The molecule has 0 N–H and O–H groups in total. The van der Waals surface area contributed by atoms with Crippen molar-refractivity contribution in [3.05, 3.63) is 74.3 Å². The van der Waals surface area contributed by atoms with Gasteiger partial charge in [0.1, 0.15) is 30.3 Å². The number of para-hydroxylation sites is 1. The van der Waals surface area contributed by atoms with Crippen molar-refractivity contribution in [2.24, 2.45) is 0 Å². The molecule has 0 aromatic heterocycles. The minimum atomic E-state index is -1.01. The van der Waals surface area contributed by atoms with Gasteiger partial charge in [-0.15, -0.1) is 20.2 Å². The van der Waals surface area contributed by atoms with Crippen LogP contribution in [0.1, 0.15) is 76.2 Å². The summed E-state index contributed by atoms with van der Waals surface area (Å²) < 4.78 is 47.9. The van der Waals surface area contributed by atoms with Crippen molar-refractivity contribution in [2.75, 3.05) is 77.8 Å². The second-order valence-electron chi connectivity index (χ2n) is 15.3. The molecule has 1 aliphatic carbocycles. The average molecular weight is 877 g/mol. The van der Waals surface area contributed by atoms with Gasteiger partial charge < -0.3 is 57.4 Å². The van der Waals surface area contributed by atoms with Crippen LogP contribution in [-0.2, 0) is 44.7 Å². The molecule has 344 valence electrons. The molecule has 20 nitrogen and oxygen atoms in total. The molecule has 0 bridgehead atoms. The summed E-state index contributed by atoms with van der Waals surface area (Å²) >= 11 is 0. The van der Waals surface area contributed by atoms with Gasteiger partial charge in [-0.3, -0.25) is 0 Å². The van der Waals surface area contributed by atoms with Crippen LogP contribution in [0.4, 0.5) is 15.3 Å². The van der Waals surface area contributed by atoms with Gasteiger partial charge in [0, 0.05) is 20.3 Å². The van der Waals surface area contributed by atoms with Crippen LogP contribution in [-0.4, -0.2) is 131 Å². The highest BCUT2D eigenvalue weighted by molar-refractivity contribution is 5.68. The number of methoxy groups -OCH3 is 1. The second-order valence-corrected chi connectivity index (χ2v) is 15.3. The average Bonchev–Trinajstić information content (AvgIpc) is 3.26. The lowest BCUT2D eigenvalue weighted by atomic mass is 9.93. The maximum absolute atomic E-state index is 13.6. The van der Waals surface area contributed by atoms with Crippen molar-refractivity contribution in [3.8, 4) is 11.5 Å². The number of hydrogen-bond donors (Lipinski definition) is 0. The molecule has 3 atom stereocenters. The van der Waals surface area contributed by atoms with E-state index in [0.717, 1.165) is 55.1 Å². The van der Waals surface area contributed by atoms with Crippen LogP contribution in [0.15, 0.2) is 48.5 Å². The Morgan fingerprint density at radius 1 is 0.774 bits per heavy atom. The molecule has 1 saturated heterocycles. The molecule has 2 aromatic rings. The van der Waals surface area contributed by atoms with Gasteiger partial charge >= 0.3 is 12.2 Å². The summed E-state index contributed by atoms with van der Waals surface area (Å²) in [6, 6.07) is 15.5. The highest BCUT2D eigenvalue weighted by Crippen LogP contribution is 2.34. The Labute approximate surface area is 361 Å². The predicted octanol–water partition coefficient (Wildman–Crippen LogP) is 6.31. The largest absolute Gasteiger partial charge is 0.508 e. The maximum atomic E-state index is 13.6. The number of unbranched alkanes of at least 4 members (excludes halogenated alkanes) is 4. The molecule has 1 saturated carbocycles. The summed E-state index contributed by atoms with van der Waals surface area (Å²) in [4.78, 5) is 60.1. The standard InChI is InChI=1S/C42H60N4O16/c1-53-22-11-20-43-21-27-54-37-19-14-32(28-36(37)43)31-57-38-29-44(41(47)55-23-7-3-9-25-58-45(49)50)30-39(62-42(48)56-24-8-4-10-26-59-46(51)52)40(38)61-35-17-15-34(16-18-35)60-33-12-5-2-6-13-33/h2,5-6,12-14,19,28,34-35,38-40H,3-4,7-11,15-18,20-27,29-31H2,1H3. The number of carbonyl (C=O) groups excluding carboxylic acids is 2. The number of anilines is 1. The Morgan fingerprint density at radius 3 is 2.13 bits per heavy atom. The minimum Gasteiger partial charge on any atom is -0.490 e. The zero-order valence-electron chi connectivity index (χ0n) is 35.4. The molecular weight excluding hydrogens is 816 g/mol. The van der Waals surface area contributed by atoms with Crippen LogP contribution in [0.2, 0.25) is 0 Å². The van der Waals surface area contributed by atoms with Crippen molar-refractivity contribution in [1.29, 1.82) is 0 Å². The molecule has 20 heteroatoms. The number of benzene rings is 2. The highest BCUT2D eigenvalue weighted by Gasteiger charge is 2.45. The van der Waals surface area contributed by atoms with Crippen LogP contribution < -0.4 is 14.4 Å². The topological polar surface area (TPSA) is 219 Å². The first kappa shape index (κ1) is 47.7. The zero-order valence-corrected chi connectivity index (χ0v) is 35.4. The summed E-state index contributed by atoms with van der Waals surface area (Å²) in [6.07, 6.45) is 2.08. The van der Waals surface area contributed by atoms with E-state index >= 15 is 0 Å². The molecule has 2 heterocycles. The fourth-order valence-corrected chi connectivity index (χ4v) is 7.58. The third-order valence-corrected chi connectivity index (χ3v) is 10.7. The van der Waals surface area contributed by atoms with E-state index in [-0.39, 0.29) is 58.3 Å². The third kappa shape index (κ3) is 16.5. The van der Waals surface area contributed by atoms with Gasteiger partial charge in [-0.2, -0.15) is 0 Å². The van der Waals surface area contributed by atoms with Gasteiger partial charge in [-0.05, 0) is 100 Å². The monoisotopic (exact) mass is 876 g/mol. The first-order chi connectivity index (χ1) is 30.2. The van der Waals surface area contributed by atoms with E-state index in [0.29, 0.717) is 64.6 Å². The number of ether oxygens (including phenoxy) is 8. The predicted molar refractivity (Wildman–Crippen MR) is 220 cm³/mol. The van der Waals surface area contributed by atoms with E-state index in [9.17, 15) is 29.8 Å². The molecule has 62 heavy (non-hydrogen) atoms. The lowest BCUT2D eigenvalue weighted by molar-refractivity contribution is -0.757. The van der Waals surface area contributed by atoms with E-state index in [1.165, 1.54) is 4.90 Å². The van der Waals surface area contributed by atoms with Gasteiger partial charge in [-0.1, -0.05) is 24.3 Å². The quantitative estimate of drug-likeness (QED) is 0.0437. The maximum Gasteiger partial charge on any atom is 0.508 e. The van der Waals surface area contributed by atoms with Gasteiger partial charge in [0.2, 0.25) is 0 Å². The zero-order chi connectivity index (χ0) is 43.9. The Morgan fingerprint density at radius 2 is 1.44 bits per heavy atom. The number of carbonyl (C=O) groups is 2. The smallest absolute Gasteiger partial charge is 0.490 e. The van der Waals surface area contributed by atoms with E-state index in [1.807, 2.05) is 48.5 Å². The summed E-state index contributed by atoms with van der Waals surface area (Å²) in [6.45, 7) is 2.84. The molecule has 2 aromatic carbocycles. The van der Waals surface area contributed by atoms with Crippen LogP contribution >= 0.6 is 0 Å². The molecule has 2 fully saturated rings. The summed E-state index contributed by atoms with van der Waals surface area (Å²) in [5.74, 6) is 1.58. The molecule has 2 aliphatic heterocycles. The summed E-state index contributed by atoms with van der Waals surface area (Å²) in [5.41, 5.74) is 1.81. The number of fused-ring (bicyclic) bond motifs is 1. The van der Waals surface area contributed by atoms with E-state index in [4.69, 9.17) is 37.9 Å². The molecule has 1 amide bonds. The van der Waals surface area contributed by atoms with E-state index < -0.39 is 40.7 Å². The van der Waals surface area contributed by atoms with Crippen molar-refractivity contribution < 1.29 is 67.3 Å². The number of piperidine rings is 1. The highest BCUT2D eigenvalue weighted by atomic mass is 17.0. The van der Waals surface area contributed by atoms with Gasteiger partial charge in [-0.25, -0.2) is 9.59 Å². The fraction of sp³-hybridized carbons (Fsp3) is 0.667. The number of rotatable bonds is 26. The van der Waals surface area contributed by atoms with Crippen molar-refractivity contribution in [1.82, 2.24) is 4.90 Å². The van der Waals surface area contributed by atoms with Crippen molar-refractivity contribution in [3.63, 3.8) is 0 Å². The molecule has 3 aliphatic rings. The fourth-order valence-electron chi connectivity index (χ4n) is 7.58. The van der Waals surface area contributed by atoms with E-state index in [2.05, 4.69) is 14.6 Å². The summed E-state index contributed by atoms with van der Waals surface area (Å²) in [5, 5.41) is 19.2. The molecule has 5 rings (SSSR count). The van der Waals surface area contributed by atoms with Crippen LogP contribution in [0.3, 0.4) is 0 Å². The van der Waals surface area contributed by atoms with Gasteiger partial charge in [0.05, 0.1) is 70.6 Å². The Bertz CT molecular complexity index is 1670. The number of nitrogens with zero attached hydrogens (tertiary/aromatic N) is 4. The molecular formula is C42H60N4O16. The first-order valence-corrected chi connectivity index (χ1v) is 21.5.